The second kappa shape index (κ2) is 5.97. The summed E-state index contributed by atoms with van der Waals surface area (Å²) >= 11 is 0. The van der Waals surface area contributed by atoms with Gasteiger partial charge in [0.25, 0.3) is 5.91 Å². The molecule has 1 saturated heterocycles. The minimum Gasteiger partial charge on any atom is -0.381 e. The van der Waals surface area contributed by atoms with Crippen LogP contribution in [-0.4, -0.2) is 42.1 Å². The molecule has 1 atom stereocenters. The van der Waals surface area contributed by atoms with Gasteiger partial charge in [-0.1, -0.05) is 0 Å². The maximum absolute atomic E-state index is 13.7. The SMILES string of the molecule is CN(CC1CCCCO1)C(=O)c1ccnc(N)c1F. The number of hydrogen-bond acceptors (Lipinski definition) is 4. The lowest BCUT2D eigenvalue weighted by molar-refractivity contribution is -0.000269. The van der Waals surface area contributed by atoms with Gasteiger partial charge in [0.15, 0.2) is 11.6 Å². The van der Waals surface area contributed by atoms with Gasteiger partial charge in [-0.15, -0.1) is 0 Å². The molecular formula is C13H18FN3O2. The average Bonchev–Trinajstić information content (AvgIpc) is 2.42. The van der Waals surface area contributed by atoms with Crippen LogP contribution in [-0.2, 0) is 4.74 Å². The minimum absolute atomic E-state index is 0.0324. The largest absolute Gasteiger partial charge is 0.381 e. The lowest BCUT2D eigenvalue weighted by Crippen LogP contribution is -2.37. The molecule has 0 bridgehead atoms. The van der Waals surface area contributed by atoms with Gasteiger partial charge < -0.3 is 15.4 Å². The molecule has 0 aliphatic carbocycles. The molecule has 1 fully saturated rings. The maximum Gasteiger partial charge on any atom is 0.256 e. The molecule has 2 N–H and O–H groups in total. The number of hydrogen-bond donors (Lipinski definition) is 1. The average molecular weight is 267 g/mol. The zero-order valence-electron chi connectivity index (χ0n) is 10.9. The van der Waals surface area contributed by atoms with E-state index in [2.05, 4.69) is 4.98 Å². The van der Waals surface area contributed by atoms with Gasteiger partial charge in [0.05, 0.1) is 11.7 Å². The van der Waals surface area contributed by atoms with Crippen molar-refractivity contribution in [1.82, 2.24) is 9.88 Å². The molecule has 2 rings (SSSR count). The highest BCUT2D eigenvalue weighted by molar-refractivity contribution is 5.94. The van der Waals surface area contributed by atoms with Crippen LogP contribution < -0.4 is 5.73 Å². The molecule has 2 heterocycles. The molecule has 1 aromatic rings. The van der Waals surface area contributed by atoms with E-state index >= 15 is 0 Å². The van der Waals surface area contributed by atoms with E-state index in [1.54, 1.807) is 7.05 Å². The normalized spacial score (nSPS) is 19.2. The van der Waals surface area contributed by atoms with E-state index in [4.69, 9.17) is 10.5 Å². The van der Waals surface area contributed by atoms with Crippen LogP contribution in [0.3, 0.4) is 0 Å². The first-order chi connectivity index (χ1) is 9.09. The second-order valence-corrected chi connectivity index (χ2v) is 4.73. The molecule has 1 aliphatic rings. The number of anilines is 1. The fourth-order valence-corrected chi connectivity index (χ4v) is 2.17. The van der Waals surface area contributed by atoms with Crippen molar-refractivity contribution in [3.05, 3.63) is 23.6 Å². The Kier molecular flexibility index (Phi) is 4.31. The Hall–Kier alpha value is -1.69. The summed E-state index contributed by atoms with van der Waals surface area (Å²) in [5, 5.41) is 0. The molecule has 1 aliphatic heterocycles. The molecule has 6 heteroatoms. The molecule has 0 saturated carbocycles. The fraction of sp³-hybridized carbons (Fsp3) is 0.538. The lowest BCUT2D eigenvalue weighted by Gasteiger charge is -2.27. The Morgan fingerprint density at radius 1 is 1.63 bits per heavy atom. The number of nitrogen functional groups attached to an aromatic ring is 1. The van der Waals surface area contributed by atoms with Crippen LogP contribution in [0.25, 0.3) is 0 Å². The number of ether oxygens (including phenoxy) is 1. The number of nitrogens with zero attached hydrogens (tertiary/aromatic N) is 2. The molecule has 0 spiro atoms. The summed E-state index contributed by atoms with van der Waals surface area (Å²) in [4.78, 5) is 17.2. The van der Waals surface area contributed by atoms with Crippen LogP contribution >= 0.6 is 0 Å². The first kappa shape index (κ1) is 13.7. The number of aromatic nitrogens is 1. The van der Waals surface area contributed by atoms with Crippen molar-refractivity contribution in [1.29, 1.82) is 0 Å². The highest BCUT2D eigenvalue weighted by Crippen LogP contribution is 2.17. The topological polar surface area (TPSA) is 68.5 Å². The Labute approximate surface area is 111 Å². The van der Waals surface area contributed by atoms with Crippen molar-refractivity contribution in [2.45, 2.75) is 25.4 Å². The number of amides is 1. The van der Waals surface area contributed by atoms with Crippen LogP contribution in [0.2, 0.25) is 0 Å². The maximum atomic E-state index is 13.7. The monoisotopic (exact) mass is 267 g/mol. The summed E-state index contributed by atoms with van der Waals surface area (Å²) in [5.74, 6) is -1.42. The highest BCUT2D eigenvalue weighted by atomic mass is 19.1. The van der Waals surface area contributed by atoms with E-state index in [1.165, 1.54) is 17.2 Å². The minimum atomic E-state index is -0.760. The van der Waals surface area contributed by atoms with Gasteiger partial charge in [0, 0.05) is 26.4 Å². The molecule has 1 amide bonds. The Balaban J connectivity index is 2.03. The molecule has 5 nitrogen and oxygen atoms in total. The van der Waals surface area contributed by atoms with Gasteiger partial charge in [-0.2, -0.15) is 0 Å². The predicted molar refractivity (Wildman–Crippen MR) is 69.2 cm³/mol. The van der Waals surface area contributed by atoms with Gasteiger partial charge >= 0.3 is 0 Å². The molecule has 1 unspecified atom stereocenters. The number of carbonyl (C=O) groups is 1. The van der Waals surface area contributed by atoms with Gasteiger partial charge in [-0.3, -0.25) is 4.79 Å². The third-order valence-electron chi connectivity index (χ3n) is 3.24. The molecule has 0 radical (unpaired) electrons. The van der Waals surface area contributed by atoms with Crippen molar-refractivity contribution in [2.75, 3.05) is 25.9 Å². The third kappa shape index (κ3) is 3.20. The molecule has 0 aromatic carbocycles. The fourth-order valence-electron chi connectivity index (χ4n) is 2.17. The van der Waals surface area contributed by atoms with Gasteiger partial charge in [-0.05, 0) is 25.3 Å². The van der Waals surface area contributed by atoms with Crippen molar-refractivity contribution >= 4 is 11.7 Å². The molecule has 104 valence electrons. The number of pyridine rings is 1. The number of nitrogens with two attached hydrogens (primary N) is 1. The quantitative estimate of drug-likeness (QED) is 0.900. The van der Waals surface area contributed by atoms with Gasteiger partial charge in [0.1, 0.15) is 0 Å². The van der Waals surface area contributed by atoms with Gasteiger partial charge in [0.2, 0.25) is 0 Å². The standard InChI is InChI=1S/C13H18FN3O2/c1-17(8-9-4-2-3-7-19-9)13(18)10-5-6-16-12(15)11(10)14/h5-6,9H,2-4,7-8H2,1H3,(H2,15,16). The Morgan fingerprint density at radius 2 is 2.42 bits per heavy atom. The van der Waals surface area contributed by atoms with E-state index in [0.29, 0.717) is 6.54 Å². The van der Waals surface area contributed by atoms with Crippen molar-refractivity contribution in [3.63, 3.8) is 0 Å². The summed E-state index contributed by atoms with van der Waals surface area (Å²) < 4.78 is 19.3. The van der Waals surface area contributed by atoms with Crippen LogP contribution in [0, 0.1) is 5.82 Å². The molecule has 1 aromatic heterocycles. The predicted octanol–water partition coefficient (Wildman–Crippen LogP) is 1.44. The Morgan fingerprint density at radius 3 is 3.11 bits per heavy atom. The zero-order chi connectivity index (χ0) is 13.8. The van der Waals surface area contributed by atoms with E-state index < -0.39 is 11.7 Å². The van der Waals surface area contributed by atoms with Crippen LogP contribution in [0.15, 0.2) is 12.3 Å². The summed E-state index contributed by atoms with van der Waals surface area (Å²) in [6, 6.07) is 1.34. The molecule has 19 heavy (non-hydrogen) atoms. The smallest absolute Gasteiger partial charge is 0.256 e. The number of halogens is 1. The third-order valence-corrected chi connectivity index (χ3v) is 3.24. The number of rotatable bonds is 3. The summed E-state index contributed by atoms with van der Waals surface area (Å²) in [7, 11) is 1.64. The summed E-state index contributed by atoms with van der Waals surface area (Å²) in [6.45, 7) is 1.18. The van der Waals surface area contributed by atoms with Gasteiger partial charge in [-0.25, -0.2) is 9.37 Å². The first-order valence-electron chi connectivity index (χ1n) is 6.36. The Bertz CT molecular complexity index is 461. The second-order valence-electron chi connectivity index (χ2n) is 4.73. The van der Waals surface area contributed by atoms with E-state index in [1.807, 2.05) is 0 Å². The van der Waals surface area contributed by atoms with Crippen molar-refractivity contribution in [3.8, 4) is 0 Å². The summed E-state index contributed by atoms with van der Waals surface area (Å²) in [6.07, 6.45) is 4.45. The van der Waals surface area contributed by atoms with Crippen LogP contribution in [0.5, 0.6) is 0 Å². The lowest BCUT2D eigenvalue weighted by atomic mass is 10.1. The van der Waals surface area contributed by atoms with Crippen molar-refractivity contribution in [2.24, 2.45) is 0 Å². The molecular weight excluding hydrogens is 249 g/mol. The van der Waals surface area contributed by atoms with Crippen molar-refractivity contribution < 1.29 is 13.9 Å². The van der Waals surface area contributed by atoms with E-state index in [9.17, 15) is 9.18 Å². The highest BCUT2D eigenvalue weighted by Gasteiger charge is 2.22. The first-order valence-corrected chi connectivity index (χ1v) is 6.36. The number of likely N-dealkylation sites (N-methyl/N-ethyl adjacent to an activating group) is 1. The van der Waals surface area contributed by atoms with E-state index in [0.717, 1.165) is 25.9 Å². The zero-order valence-corrected chi connectivity index (χ0v) is 10.9. The number of carbonyl (C=O) groups excluding carboxylic acids is 1. The van der Waals surface area contributed by atoms with Crippen LogP contribution in [0.4, 0.5) is 10.2 Å². The summed E-state index contributed by atoms with van der Waals surface area (Å²) in [5.41, 5.74) is 5.31. The van der Waals surface area contributed by atoms with E-state index in [-0.39, 0.29) is 17.5 Å². The van der Waals surface area contributed by atoms with Crippen LogP contribution in [0.1, 0.15) is 29.6 Å².